The van der Waals surface area contributed by atoms with E-state index in [4.69, 9.17) is 0 Å². The SMILES string of the molecule is Cn1ccnc1CN1C2CCCC1CC(=O)C2. The first-order valence-corrected chi connectivity index (χ1v) is 6.47. The average molecular weight is 233 g/mol. The second kappa shape index (κ2) is 4.26. The number of piperidine rings is 2. The number of hydrogen-bond acceptors (Lipinski definition) is 3. The summed E-state index contributed by atoms with van der Waals surface area (Å²) in [5, 5.41) is 0. The van der Waals surface area contributed by atoms with E-state index in [9.17, 15) is 4.79 Å². The number of carbonyl (C=O) groups is 1. The van der Waals surface area contributed by atoms with Crippen LogP contribution in [-0.4, -0.2) is 32.3 Å². The van der Waals surface area contributed by atoms with Gasteiger partial charge < -0.3 is 4.57 Å². The third-order valence-corrected chi connectivity index (χ3v) is 4.18. The molecule has 0 aromatic carbocycles. The van der Waals surface area contributed by atoms with E-state index in [1.807, 2.05) is 19.4 Å². The van der Waals surface area contributed by atoms with Crippen LogP contribution in [0.5, 0.6) is 0 Å². The summed E-state index contributed by atoms with van der Waals surface area (Å²) >= 11 is 0. The van der Waals surface area contributed by atoms with Gasteiger partial charge in [-0.25, -0.2) is 4.98 Å². The van der Waals surface area contributed by atoms with Crippen molar-refractivity contribution in [2.75, 3.05) is 0 Å². The van der Waals surface area contributed by atoms with Gasteiger partial charge in [0.15, 0.2) is 0 Å². The van der Waals surface area contributed by atoms with Gasteiger partial charge >= 0.3 is 0 Å². The Hall–Kier alpha value is -1.16. The Balaban J connectivity index is 1.78. The van der Waals surface area contributed by atoms with Crippen LogP contribution < -0.4 is 0 Å². The molecule has 3 rings (SSSR count). The van der Waals surface area contributed by atoms with Gasteiger partial charge in [0.2, 0.25) is 0 Å². The van der Waals surface area contributed by atoms with E-state index in [1.54, 1.807) is 0 Å². The van der Waals surface area contributed by atoms with Gasteiger partial charge in [0.05, 0.1) is 6.54 Å². The van der Waals surface area contributed by atoms with E-state index in [2.05, 4.69) is 14.5 Å². The summed E-state index contributed by atoms with van der Waals surface area (Å²) in [6.45, 7) is 0.895. The van der Waals surface area contributed by atoms with Gasteiger partial charge in [0, 0.05) is 44.4 Å². The third-order valence-electron chi connectivity index (χ3n) is 4.18. The summed E-state index contributed by atoms with van der Waals surface area (Å²) in [6, 6.07) is 0.929. The monoisotopic (exact) mass is 233 g/mol. The Kier molecular flexibility index (Phi) is 2.74. The molecule has 2 saturated heterocycles. The molecule has 0 aliphatic carbocycles. The minimum absolute atomic E-state index is 0.454. The summed E-state index contributed by atoms with van der Waals surface area (Å²) < 4.78 is 2.08. The van der Waals surface area contributed by atoms with Gasteiger partial charge in [0.1, 0.15) is 11.6 Å². The molecule has 0 saturated carbocycles. The van der Waals surface area contributed by atoms with E-state index >= 15 is 0 Å². The lowest BCUT2D eigenvalue weighted by Gasteiger charge is -2.45. The maximum Gasteiger partial charge on any atom is 0.136 e. The van der Waals surface area contributed by atoms with Crippen molar-refractivity contribution >= 4 is 5.78 Å². The van der Waals surface area contributed by atoms with Gasteiger partial charge in [-0.3, -0.25) is 9.69 Å². The van der Waals surface area contributed by atoms with Crippen molar-refractivity contribution in [3.63, 3.8) is 0 Å². The highest BCUT2D eigenvalue weighted by atomic mass is 16.1. The molecule has 92 valence electrons. The summed E-state index contributed by atoms with van der Waals surface area (Å²) in [7, 11) is 2.03. The van der Waals surface area contributed by atoms with Crippen LogP contribution in [0.1, 0.15) is 37.9 Å². The first kappa shape index (κ1) is 11.0. The zero-order valence-corrected chi connectivity index (χ0v) is 10.3. The Labute approximate surface area is 102 Å². The second-order valence-electron chi connectivity index (χ2n) is 5.31. The molecule has 3 heterocycles. The predicted molar refractivity (Wildman–Crippen MR) is 64.4 cm³/mol. The molecule has 2 fully saturated rings. The largest absolute Gasteiger partial charge is 0.337 e. The molecule has 2 unspecified atom stereocenters. The molecular formula is C13H19N3O. The number of aromatic nitrogens is 2. The number of fused-ring (bicyclic) bond motifs is 2. The number of hydrogen-bond donors (Lipinski definition) is 0. The van der Waals surface area contributed by atoms with Crippen molar-refractivity contribution < 1.29 is 4.79 Å². The van der Waals surface area contributed by atoms with Crippen LogP contribution in [0.15, 0.2) is 12.4 Å². The molecule has 1 aromatic rings. The van der Waals surface area contributed by atoms with Crippen molar-refractivity contribution in [1.29, 1.82) is 0 Å². The van der Waals surface area contributed by atoms with Crippen LogP contribution in [0.25, 0.3) is 0 Å². The fourth-order valence-electron chi connectivity index (χ4n) is 3.24. The van der Waals surface area contributed by atoms with Crippen molar-refractivity contribution in [2.45, 2.75) is 50.7 Å². The van der Waals surface area contributed by atoms with E-state index < -0.39 is 0 Å². The Morgan fingerprint density at radius 2 is 2.06 bits per heavy atom. The summed E-state index contributed by atoms with van der Waals surface area (Å²) in [5.41, 5.74) is 0. The van der Waals surface area contributed by atoms with Crippen molar-refractivity contribution in [3.8, 4) is 0 Å². The van der Waals surface area contributed by atoms with Crippen molar-refractivity contribution in [2.24, 2.45) is 7.05 Å². The fourth-order valence-corrected chi connectivity index (χ4v) is 3.24. The standard InChI is InChI=1S/C13H19N3O/c1-15-6-5-14-13(15)9-16-10-3-2-4-11(16)8-12(17)7-10/h5-6,10-11H,2-4,7-9H2,1H3. The Morgan fingerprint density at radius 1 is 1.35 bits per heavy atom. The first-order valence-electron chi connectivity index (χ1n) is 6.47. The zero-order chi connectivity index (χ0) is 11.8. The minimum atomic E-state index is 0.454. The van der Waals surface area contributed by atoms with Gasteiger partial charge in [-0.2, -0.15) is 0 Å². The summed E-state index contributed by atoms with van der Waals surface area (Å²) in [6.07, 6.45) is 8.96. The fraction of sp³-hybridized carbons (Fsp3) is 0.692. The molecule has 0 spiro atoms. The van der Waals surface area contributed by atoms with Crippen molar-refractivity contribution in [1.82, 2.24) is 14.5 Å². The summed E-state index contributed by atoms with van der Waals surface area (Å²) in [5.74, 6) is 1.56. The molecule has 4 nitrogen and oxygen atoms in total. The molecule has 0 radical (unpaired) electrons. The third kappa shape index (κ3) is 2.02. The topological polar surface area (TPSA) is 38.1 Å². The number of nitrogens with zero attached hydrogens (tertiary/aromatic N) is 3. The predicted octanol–water partition coefficient (Wildman–Crippen LogP) is 1.51. The molecule has 2 aliphatic heterocycles. The Morgan fingerprint density at radius 3 is 2.65 bits per heavy atom. The molecule has 0 N–H and O–H groups in total. The molecule has 2 atom stereocenters. The quantitative estimate of drug-likeness (QED) is 0.777. The van der Waals surface area contributed by atoms with E-state index in [0.717, 1.165) is 25.2 Å². The number of Topliss-reactive ketones (excluding diaryl/α,β-unsaturated/α-hetero) is 1. The van der Waals surface area contributed by atoms with Crippen LogP contribution in [-0.2, 0) is 18.4 Å². The van der Waals surface area contributed by atoms with E-state index in [-0.39, 0.29) is 0 Å². The lowest BCUT2D eigenvalue weighted by Crippen LogP contribution is -2.51. The maximum absolute atomic E-state index is 11.6. The van der Waals surface area contributed by atoms with Gasteiger partial charge in [-0.15, -0.1) is 0 Å². The molecule has 0 amide bonds. The van der Waals surface area contributed by atoms with Crippen LogP contribution in [0.2, 0.25) is 0 Å². The van der Waals surface area contributed by atoms with Crippen LogP contribution >= 0.6 is 0 Å². The lowest BCUT2D eigenvalue weighted by molar-refractivity contribution is -0.127. The second-order valence-corrected chi connectivity index (χ2v) is 5.31. The molecule has 17 heavy (non-hydrogen) atoms. The molecule has 2 aliphatic rings. The summed E-state index contributed by atoms with van der Waals surface area (Å²) in [4.78, 5) is 18.5. The zero-order valence-electron chi connectivity index (χ0n) is 10.3. The highest BCUT2D eigenvalue weighted by Crippen LogP contribution is 2.33. The normalized spacial score (nSPS) is 29.6. The Bertz CT molecular complexity index is 410. The smallest absolute Gasteiger partial charge is 0.136 e. The number of aryl methyl sites for hydroxylation is 1. The molecule has 1 aromatic heterocycles. The maximum atomic E-state index is 11.6. The van der Waals surface area contributed by atoms with Gasteiger partial charge in [-0.05, 0) is 12.8 Å². The van der Waals surface area contributed by atoms with Crippen LogP contribution in [0.3, 0.4) is 0 Å². The number of rotatable bonds is 2. The lowest BCUT2D eigenvalue weighted by atomic mass is 9.84. The average Bonchev–Trinajstić information content (AvgIpc) is 2.66. The first-order chi connectivity index (χ1) is 8.24. The minimum Gasteiger partial charge on any atom is -0.337 e. The number of imidazole rings is 1. The molecule has 2 bridgehead atoms. The van der Waals surface area contributed by atoms with Crippen LogP contribution in [0.4, 0.5) is 0 Å². The van der Waals surface area contributed by atoms with Gasteiger partial charge in [-0.1, -0.05) is 6.42 Å². The molecule has 4 heteroatoms. The highest BCUT2D eigenvalue weighted by Gasteiger charge is 2.37. The number of carbonyl (C=O) groups excluding carboxylic acids is 1. The number of ketones is 1. The van der Waals surface area contributed by atoms with E-state index in [0.29, 0.717) is 17.9 Å². The van der Waals surface area contributed by atoms with Crippen LogP contribution in [0, 0.1) is 0 Å². The highest BCUT2D eigenvalue weighted by molar-refractivity contribution is 5.80. The van der Waals surface area contributed by atoms with Crippen molar-refractivity contribution in [3.05, 3.63) is 18.2 Å². The van der Waals surface area contributed by atoms with E-state index in [1.165, 1.54) is 19.3 Å². The molecular weight excluding hydrogens is 214 g/mol. The van der Waals surface area contributed by atoms with Gasteiger partial charge in [0.25, 0.3) is 0 Å².